The van der Waals surface area contributed by atoms with Crippen molar-refractivity contribution in [2.75, 3.05) is 5.32 Å². The molecule has 0 fully saturated rings. The molecule has 1 unspecified atom stereocenters. The zero-order valence-corrected chi connectivity index (χ0v) is 10.7. The number of rotatable bonds is 3. The lowest BCUT2D eigenvalue weighted by molar-refractivity contribution is -0.383. The normalized spacial score (nSPS) is 11.8. The van der Waals surface area contributed by atoms with Gasteiger partial charge in [-0.3, -0.25) is 15.1 Å². The highest BCUT2D eigenvalue weighted by atomic mass is 16.6. The third-order valence-corrected chi connectivity index (χ3v) is 2.83. The molecule has 0 aliphatic rings. The topological polar surface area (TPSA) is 68.1 Å². The van der Waals surface area contributed by atoms with Gasteiger partial charge in [0, 0.05) is 29.0 Å². The van der Waals surface area contributed by atoms with Crippen LogP contribution in [0.4, 0.5) is 11.4 Å². The van der Waals surface area contributed by atoms with Crippen LogP contribution in [0.5, 0.6) is 0 Å². The van der Waals surface area contributed by atoms with E-state index >= 15 is 0 Å². The number of pyridine rings is 1. The number of fused-ring (bicyclic) bond motifs is 1. The number of benzene rings is 1. The smallest absolute Gasteiger partial charge is 0.278 e. The minimum Gasteiger partial charge on any atom is -0.371 e. The average Bonchev–Trinajstić information content (AvgIpc) is 2.38. The quantitative estimate of drug-likeness (QED) is 0.520. The third kappa shape index (κ3) is 2.47. The molecule has 1 aromatic heterocycles. The van der Waals surface area contributed by atoms with Crippen LogP contribution in [0.25, 0.3) is 10.8 Å². The largest absolute Gasteiger partial charge is 0.371 e. The molecular weight excluding hydrogens is 242 g/mol. The van der Waals surface area contributed by atoms with Gasteiger partial charge in [-0.1, -0.05) is 5.92 Å². The van der Waals surface area contributed by atoms with Crippen molar-refractivity contribution in [3.05, 3.63) is 40.2 Å². The van der Waals surface area contributed by atoms with Crippen LogP contribution in [0.3, 0.4) is 0 Å². The molecule has 2 aromatic rings. The summed E-state index contributed by atoms with van der Waals surface area (Å²) in [6.07, 6.45) is 6.86. The molecule has 0 amide bonds. The van der Waals surface area contributed by atoms with Crippen LogP contribution >= 0.6 is 0 Å². The lowest BCUT2D eigenvalue weighted by Gasteiger charge is -2.12. The molecule has 0 radical (unpaired) electrons. The molecule has 0 bridgehead atoms. The fourth-order valence-corrected chi connectivity index (χ4v) is 1.89. The molecule has 5 nitrogen and oxygen atoms in total. The Morgan fingerprint density at radius 2 is 2.21 bits per heavy atom. The van der Waals surface area contributed by atoms with Gasteiger partial charge < -0.3 is 5.32 Å². The first-order chi connectivity index (χ1) is 9.02. The molecule has 5 heteroatoms. The van der Waals surface area contributed by atoms with E-state index in [1.807, 2.05) is 19.9 Å². The van der Waals surface area contributed by atoms with E-state index in [1.165, 1.54) is 12.3 Å². The zero-order chi connectivity index (χ0) is 14.0. The molecule has 0 aliphatic carbocycles. The monoisotopic (exact) mass is 255 g/mol. The van der Waals surface area contributed by atoms with Crippen molar-refractivity contribution in [1.29, 1.82) is 0 Å². The van der Waals surface area contributed by atoms with E-state index in [4.69, 9.17) is 6.42 Å². The maximum Gasteiger partial charge on any atom is 0.278 e. The number of terminal acetylenes is 1. The number of anilines is 1. The Kier molecular flexibility index (Phi) is 3.34. The van der Waals surface area contributed by atoms with Gasteiger partial charge in [-0.25, -0.2) is 0 Å². The number of aromatic nitrogens is 1. The number of nitro benzene ring substituents is 1. The lowest BCUT2D eigenvalue weighted by Crippen LogP contribution is -2.12. The van der Waals surface area contributed by atoms with Crippen molar-refractivity contribution in [1.82, 2.24) is 4.98 Å². The molecule has 0 saturated carbocycles. The second-order valence-corrected chi connectivity index (χ2v) is 4.29. The van der Waals surface area contributed by atoms with E-state index < -0.39 is 4.92 Å². The molecule has 1 atom stereocenters. The highest BCUT2D eigenvalue weighted by molar-refractivity contribution is 5.99. The van der Waals surface area contributed by atoms with Gasteiger partial charge in [-0.15, -0.1) is 6.42 Å². The number of aryl methyl sites for hydroxylation is 1. The van der Waals surface area contributed by atoms with Crippen molar-refractivity contribution < 1.29 is 4.92 Å². The fourth-order valence-electron chi connectivity index (χ4n) is 1.89. The molecule has 1 heterocycles. The summed E-state index contributed by atoms with van der Waals surface area (Å²) < 4.78 is 0. The molecule has 19 heavy (non-hydrogen) atoms. The van der Waals surface area contributed by atoms with Gasteiger partial charge in [0.25, 0.3) is 5.69 Å². The SMILES string of the molecule is C#CC(C)Nc1ccc([N+](=O)[O-])c2cnc(C)cc12. The van der Waals surface area contributed by atoms with Crippen LogP contribution in [0.2, 0.25) is 0 Å². The third-order valence-electron chi connectivity index (χ3n) is 2.83. The molecular formula is C14H13N3O2. The maximum atomic E-state index is 11.0. The summed E-state index contributed by atoms with van der Waals surface area (Å²) in [6, 6.07) is 4.80. The van der Waals surface area contributed by atoms with E-state index in [1.54, 1.807) is 6.07 Å². The van der Waals surface area contributed by atoms with Gasteiger partial charge in [0.15, 0.2) is 0 Å². The summed E-state index contributed by atoms with van der Waals surface area (Å²) in [4.78, 5) is 14.7. The molecule has 0 spiro atoms. The number of nitrogens with one attached hydrogen (secondary N) is 1. The summed E-state index contributed by atoms with van der Waals surface area (Å²) in [7, 11) is 0. The first-order valence-electron chi connectivity index (χ1n) is 5.79. The number of non-ortho nitro benzene ring substituents is 1. The Morgan fingerprint density at radius 1 is 1.47 bits per heavy atom. The van der Waals surface area contributed by atoms with Crippen molar-refractivity contribution in [3.8, 4) is 12.3 Å². The van der Waals surface area contributed by atoms with Gasteiger partial charge in [-0.2, -0.15) is 0 Å². The Morgan fingerprint density at radius 3 is 2.84 bits per heavy atom. The second kappa shape index (κ2) is 4.94. The van der Waals surface area contributed by atoms with E-state index in [9.17, 15) is 10.1 Å². The minimum atomic E-state index is -0.409. The Bertz CT molecular complexity index is 689. The van der Waals surface area contributed by atoms with Crippen molar-refractivity contribution >= 4 is 22.1 Å². The Labute approximate surface area is 110 Å². The van der Waals surface area contributed by atoms with Crippen LogP contribution in [-0.2, 0) is 0 Å². The predicted molar refractivity (Wildman–Crippen MR) is 75.1 cm³/mol. The minimum absolute atomic E-state index is 0.0430. The van der Waals surface area contributed by atoms with Crippen LogP contribution in [0.1, 0.15) is 12.6 Å². The number of hydrogen-bond donors (Lipinski definition) is 1. The Balaban J connectivity index is 2.67. The van der Waals surface area contributed by atoms with E-state index in [-0.39, 0.29) is 11.7 Å². The first kappa shape index (κ1) is 12.8. The number of nitro groups is 1. The van der Waals surface area contributed by atoms with Crippen molar-refractivity contribution in [2.45, 2.75) is 19.9 Å². The summed E-state index contributed by atoms with van der Waals surface area (Å²) in [5.74, 6) is 2.57. The molecule has 1 N–H and O–H groups in total. The highest BCUT2D eigenvalue weighted by Gasteiger charge is 2.15. The van der Waals surface area contributed by atoms with Gasteiger partial charge in [0.1, 0.15) is 0 Å². The number of hydrogen-bond acceptors (Lipinski definition) is 4. The summed E-state index contributed by atoms with van der Waals surface area (Å²) in [6.45, 7) is 3.69. The van der Waals surface area contributed by atoms with Crippen LogP contribution in [0.15, 0.2) is 24.4 Å². The molecule has 0 saturated heterocycles. The average molecular weight is 255 g/mol. The van der Waals surface area contributed by atoms with Gasteiger partial charge in [-0.05, 0) is 26.0 Å². The second-order valence-electron chi connectivity index (χ2n) is 4.29. The Hall–Kier alpha value is -2.61. The summed E-state index contributed by atoms with van der Waals surface area (Å²) in [5, 5.41) is 15.4. The lowest BCUT2D eigenvalue weighted by atomic mass is 10.1. The fraction of sp³-hybridized carbons (Fsp3) is 0.214. The molecule has 0 aliphatic heterocycles. The van der Waals surface area contributed by atoms with Gasteiger partial charge >= 0.3 is 0 Å². The molecule has 2 rings (SSSR count). The highest BCUT2D eigenvalue weighted by Crippen LogP contribution is 2.31. The number of nitrogens with zero attached hydrogens (tertiary/aromatic N) is 2. The van der Waals surface area contributed by atoms with Gasteiger partial charge in [0.05, 0.1) is 16.4 Å². The molecule has 1 aromatic carbocycles. The van der Waals surface area contributed by atoms with Crippen molar-refractivity contribution in [3.63, 3.8) is 0 Å². The van der Waals surface area contributed by atoms with Crippen LogP contribution in [0, 0.1) is 29.4 Å². The van der Waals surface area contributed by atoms with Crippen LogP contribution < -0.4 is 5.32 Å². The van der Waals surface area contributed by atoms with Crippen LogP contribution in [-0.4, -0.2) is 15.9 Å². The van der Waals surface area contributed by atoms with Gasteiger partial charge in [0.2, 0.25) is 0 Å². The van der Waals surface area contributed by atoms with E-state index in [0.717, 1.165) is 16.8 Å². The standard InChI is InChI=1S/C14H13N3O2/c1-4-9(2)16-13-5-6-14(17(18)19)12-8-15-10(3)7-11(12)13/h1,5-9,16H,2-3H3. The zero-order valence-electron chi connectivity index (χ0n) is 10.7. The van der Waals surface area contributed by atoms with E-state index in [2.05, 4.69) is 16.2 Å². The summed E-state index contributed by atoms with van der Waals surface area (Å²) >= 11 is 0. The first-order valence-corrected chi connectivity index (χ1v) is 5.79. The van der Waals surface area contributed by atoms with Crippen molar-refractivity contribution in [2.24, 2.45) is 0 Å². The molecule has 96 valence electrons. The summed E-state index contributed by atoms with van der Waals surface area (Å²) in [5.41, 5.74) is 1.61. The predicted octanol–water partition coefficient (Wildman–Crippen LogP) is 2.89. The van der Waals surface area contributed by atoms with E-state index in [0.29, 0.717) is 5.39 Å². The maximum absolute atomic E-state index is 11.0.